The first-order valence-corrected chi connectivity index (χ1v) is 12.4. The van der Waals surface area contributed by atoms with E-state index >= 15 is 0 Å². The third kappa shape index (κ3) is 3.92. The van der Waals surface area contributed by atoms with Crippen molar-refractivity contribution >= 4 is 46.6 Å². The second-order valence-corrected chi connectivity index (χ2v) is 9.93. The van der Waals surface area contributed by atoms with Crippen LogP contribution in [0.1, 0.15) is 23.3 Å². The molecule has 0 aliphatic carbocycles. The molecule has 0 spiro atoms. The van der Waals surface area contributed by atoms with Gasteiger partial charge in [0.05, 0.1) is 23.2 Å². The minimum absolute atomic E-state index is 0.239. The normalized spacial score (nSPS) is 21.2. The number of anilines is 1. The number of carbonyl (C=O) groups excluding carboxylic acids is 3. The topological polar surface area (TPSA) is 106 Å². The summed E-state index contributed by atoms with van der Waals surface area (Å²) >= 11 is 2.28. The van der Waals surface area contributed by atoms with Gasteiger partial charge in [-0.25, -0.2) is 9.69 Å². The van der Waals surface area contributed by atoms with Crippen LogP contribution in [0.5, 0.6) is 5.75 Å². The third-order valence-corrected chi connectivity index (χ3v) is 8.12. The Hall–Kier alpha value is -3.37. The van der Waals surface area contributed by atoms with Crippen molar-refractivity contribution in [1.29, 1.82) is 0 Å². The number of benzene rings is 2. The Morgan fingerprint density at radius 3 is 2.62 bits per heavy atom. The molecule has 3 heterocycles. The number of hydrogen-bond donors (Lipinski definition) is 1. The highest BCUT2D eigenvalue weighted by molar-refractivity contribution is 8.00. The third-order valence-electron chi connectivity index (χ3n) is 5.72. The molecule has 5 rings (SSSR count). The van der Waals surface area contributed by atoms with E-state index in [9.17, 15) is 19.2 Å². The van der Waals surface area contributed by atoms with Gasteiger partial charge in [0.25, 0.3) is 0 Å². The molecule has 1 aromatic heterocycles. The lowest BCUT2D eigenvalue weighted by molar-refractivity contribution is -0.145. The fraction of sp³-hybridized carbons (Fsp3) is 0.250. The summed E-state index contributed by atoms with van der Waals surface area (Å²) in [5, 5.41) is -0.0604. The standard InChI is InChI=1S/C24H20N2O6S2/c1-2-31-16(27)12-32-15-10-6-7-13(11-15)17-18-20(33-21-19(17)34-24(30)25-21)23(29)26(22(18)28)14-8-4-3-5-9-14/h3-11,17-18,20H,2,12H2,1H3,(H,25,30)/t17-,18-,20+/m0/s1. The average molecular weight is 497 g/mol. The Bertz CT molecular complexity index is 1320. The summed E-state index contributed by atoms with van der Waals surface area (Å²) in [5.41, 5.74) is 1.25. The van der Waals surface area contributed by atoms with Crippen molar-refractivity contribution in [2.45, 2.75) is 23.1 Å². The molecular weight excluding hydrogens is 476 g/mol. The number of aromatic amines is 1. The summed E-state index contributed by atoms with van der Waals surface area (Å²) in [6, 6.07) is 15.9. The number of nitrogens with zero attached hydrogens (tertiary/aromatic N) is 1. The van der Waals surface area contributed by atoms with E-state index in [0.717, 1.165) is 21.8 Å². The Balaban J connectivity index is 1.54. The zero-order valence-electron chi connectivity index (χ0n) is 18.1. The van der Waals surface area contributed by atoms with Crippen molar-refractivity contribution in [2.24, 2.45) is 5.92 Å². The lowest BCUT2D eigenvalue weighted by atomic mass is 9.83. The van der Waals surface area contributed by atoms with Crippen LogP contribution in [0.4, 0.5) is 5.69 Å². The summed E-state index contributed by atoms with van der Waals surface area (Å²) < 4.78 is 10.5. The van der Waals surface area contributed by atoms with Gasteiger partial charge >= 0.3 is 10.8 Å². The summed E-state index contributed by atoms with van der Waals surface area (Å²) in [6.45, 7) is 1.73. The molecule has 10 heteroatoms. The largest absolute Gasteiger partial charge is 0.482 e. The van der Waals surface area contributed by atoms with E-state index in [2.05, 4.69) is 4.98 Å². The number of hydrogen-bond acceptors (Lipinski definition) is 8. The first kappa shape index (κ1) is 22.4. The van der Waals surface area contributed by atoms with Gasteiger partial charge in [-0.1, -0.05) is 53.4 Å². The van der Waals surface area contributed by atoms with Gasteiger partial charge in [-0.05, 0) is 36.8 Å². The minimum atomic E-state index is -0.683. The number of ether oxygens (including phenoxy) is 2. The van der Waals surface area contributed by atoms with Crippen LogP contribution in [0.2, 0.25) is 0 Å². The highest BCUT2D eigenvalue weighted by atomic mass is 32.2. The van der Waals surface area contributed by atoms with E-state index in [0.29, 0.717) is 16.5 Å². The van der Waals surface area contributed by atoms with Crippen LogP contribution < -0.4 is 14.5 Å². The zero-order chi connectivity index (χ0) is 23.8. The summed E-state index contributed by atoms with van der Waals surface area (Å²) in [7, 11) is 0. The molecule has 0 saturated carbocycles. The van der Waals surface area contributed by atoms with Crippen molar-refractivity contribution in [1.82, 2.24) is 4.98 Å². The molecule has 2 aromatic carbocycles. The number of carbonyl (C=O) groups is 3. The smallest absolute Gasteiger partial charge is 0.344 e. The summed E-state index contributed by atoms with van der Waals surface area (Å²) in [6.07, 6.45) is 0. The van der Waals surface area contributed by atoms with Crippen LogP contribution in [-0.2, 0) is 19.1 Å². The number of rotatable bonds is 6. The van der Waals surface area contributed by atoms with Crippen LogP contribution >= 0.6 is 23.1 Å². The number of aromatic nitrogens is 1. The van der Waals surface area contributed by atoms with Gasteiger partial charge < -0.3 is 14.5 Å². The molecule has 2 amide bonds. The first-order chi connectivity index (χ1) is 16.5. The Labute approximate surface area is 202 Å². The van der Waals surface area contributed by atoms with E-state index in [4.69, 9.17) is 9.47 Å². The number of esters is 1. The van der Waals surface area contributed by atoms with Gasteiger partial charge in [-0.2, -0.15) is 0 Å². The maximum atomic E-state index is 13.6. The van der Waals surface area contributed by atoms with Crippen molar-refractivity contribution in [3.63, 3.8) is 0 Å². The molecule has 3 aromatic rings. The van der Waals surface area contributed by atoms with Crippen LogP contribution in [0.25, 0.3) is 0 Å². The predicted octanol–water partition coefficient (Wildman–Crippen LogP) is 3.17. The van der Waals surface area contributed by atoms with Gasteiger partial charge in [0.15, 0.2) is 6.61 Å². The van der Waals surface area contributed by atoms with Crippen LogP contribution in [-0.4, -0.2) is 41.2 Å². The SMILES string of the molecule is CCOC(=O)COc1cccc([C@@H]2c3sc(=O)[nH]c3S[C@H]3C(=O)N(c4ccccc4)C(=O)[C@@H]23)c1. The Kier molecular flexibility index (Phi) is 6.01. The van der Waals surface area contributed by atoms with Crippen molar-refractivity contribution in [2.75, 3.05) is 18.1 Å². The number of amides is 2. The van der Waals surface area contributed by atoms with Crippen molar-refractivity contribution < 1.29 is 23.9 Å². The molecule has 34 heavy (non-hydrogen) atoms. The molecule has 1 N–H and O–H groups in total. The molecule has 0 unspecified atom stereocenters. The van der Waals surface area contributed by atoms with Crippen LogP contribution in [0, 0.1) is 5.92 Å². The van der Waals surface area contributed by atoms with Gasteiger partial charge in [-0.15, -0.1) is 0 Å². The van der Waals surface area contributed by atoms with Crippen LogP contribution in [0.15, 0.2) is 64.4 Å². The molecule has 0 radical (unpaired) electrons. The first-order valence-electron chi connectivity index (χ1n) is 10.7. The highest BCUT2D eigenvalue weighted by Crippen LogP contribution is 2.53. The number of fused-ring (bicyclic) bond motifs is 2. The Morgan fingerprint density at radius 1 is 1.06 bits per heavy atom. The van der Waals surface area contributed by atoms with Gasteiger partial charge in [0.2, 0.25) is 11.8 Å². The average Bonchev–Trinajstić information content (AvgIpc) is 3.33. The minimum Gasteiger partial charge on any atom is -0.482 e. The van der Waals surface area contributed by atoms with E-state index in [1.165, 1.54) is 16.7 Å². The molecule has 1 saturated heterocycles. The van der Waals surface area contributed by atoms with Gasteiger partial charge in [0, 0.05) is 10.8 Å². The second kappa shape index (κ2) is 9.11. The number of para-hydroxylation sites is 1. The fourth-order valence-corrected chi connectivity index (χ4v) is 6.87. The number of thioether (sulfide) groups is 1. The maximum absolute atomic E-state index is 13.6. The molecule has 0 bridgehead atoms. The number of imide groups is 1. The molecule has 174 valence electrons. The van der Waals surface area contributed by atoms with E-state index in [-0.39, 0.29) is 29.9 Å². The number of H-pyrrole nitrogens is 1. The molecule has 2 aliphatic heterocycles. The molecular formula is C24H20N2O6S2. The summed E-state index contributed by atoms with van der Waals surface area (Å²) in [5.74, 6) is -1.85. The van der Waals surface area contributed by atoms with E-state index in [1.54, 1.807) is 49.4 Å². The predicted molar refractivity (Wildman–Crippen MR) is 127 cm³/mol. The van der Waals surface area contributed by atoms with E-state index in [1.807, 2.05) is 12.1 Å². The fourth-order valence-electron chi connectivity index (χ4n) is 4.35. The van der Waals surface area contributed by atoms with E-state index < -0.39 is 23.1 Å². The van der Waals surface area contributed by atoms with Crippen LogP contribution in [0.3, 0.4) is 0 Å². The number of nitrogens with one attached hydrogen (secondary N) is 1. The van der Waals surface area contributed by atoms with Crippen molar-refractivity contribution in [3.05, 3.63) is 74.7 Å². The maximum Gasteiger partial charge on any atom is 0.344 e. The molecule has 8 nitrogen and oxygen atoms in total. The zero-order valence-corrected chi connectivity index (χ0v) is 19.7. The van der Waals surface area contributed by atoms with Gasteiger partial charge in [-0.3, -0.25) is 14.4 Å². The molecule has 1 fully saturated rings. The lowest BCUT2D eigenvalue weighted by Crippen LogP contribution is -2.32. The lowest BCUT2D eigenvalue weighted by Gasteiger charge is -2.30. The van der Waals surface area contributed by atoms with Gasteiger partial charge in [0.1, 0.15) is 11.0 Å². The Morgan fingerprint density at radius 2 is 1.85 bits per heavy atom. The second-order valence-electron chi connectivity index (χ2n) is 7.76. The quantitative estimate of drug-likeness (QED) is 0.413. The highest BCUT2D eigenvalue weighted by Gasteiger charge is 2.56. The summed E-state index contributed by atoms with van der Waals surface area (Å²) in [4.78, 5) is 55.4. The monoisotopic (exact) mass is 496 g/mol. The number of thiazole rings is 1. The molecule has 2 aliphatic rings. The molecule has 3 atom stereocenters. The van der Waals surface area contributed by atoms with Crippen molar-refractivity contribution in [3.8, 4) is 5.75 Å².